The summed E-state index contributed by atoms with van der Waals surface area (Å²) in [5.41, 5.74) is 2.05. The van der Waals surface area contributed by atoms with E-state index in [0.29, 0.717) is 6.54 Å². The van der Waals surface area contributed by atoms with E-state index >= 15 is 0 Å². The third-order valence-corrected chi connectivity index (χ3v) is 2.79. The molecule has 1 heterocycles. The Balaban J connectivity index is 2.18. The van der Waals surface area contributed by atoms with E-state index in [4.69, 9.17) is 0 Å². The lowest BCUT2D eigenvalue weighted by Gasteiger charge is -2.02. The van der Waals surface area contributed by atoms with Crippen molar-refractivity contribution < 1.29 is 14.3 Å². The number of carbonyl (C=O) groups is 2. The molecule has 0 bridgehead atoms. The molecule has 2 aromatic rings. The summed E-state index contributed by atoms with van der Waals surface area (Å²) in [5, 5.41) is 3.59. The average molecular weight is 246 g/mol. The molecule has 0 aliphatic carbocycles. The number of fused-ring (bicyclic) bond motifs is 1. The van der Waals surface area contributed by atoms with Crippen LogP contribution in [0.15, 0.2) is 30.5 Å². The zero-order valence-electron chi connectivity index (χ0n) is 10.3. The van der Waals surface area contributed by atoms with Crippen molar-refractivity contribution in [2.75, 3.05) is 7.11 Å². The third-order valence-electron chi connectivity index (χ3n) is 2.79. The molecule has 5 heteroatoms. The van der Waals surface area contributed by atoms with E-state index < -0.39 is 11.9 Å². The molecule has 0 saturated heterocycles. The van der Waals surface area contributed by atoms with Gasteiger partial charge in [-0.05, 0) is 11.6 Å². The Morgan fingerprint density at radius 3 is 2.78 bits per heavy atom. The molecule has 94 valence electrons. The summed E-state index contributed by atoms with van der Waals surface area (Å²) in [6.45, 7) is 0.301. The second kappa shape index (κ2) is 4.91. The molecule has 0 spiro atoms. The van der Waals surface area contributed by atoms with Crippen LogP contribution in [0, 0.1) is 0 Å². The molecule has 0 aliphatic heterocycles. The molecule has 0 fully saturated rings. The maximum absolute atomic E-state index is 11.3. The second-order valence-corrected chi connectivity index (χ2v) is 3.96. The number of para-hydroxylation sites is 1. The largest absolute Gasteiger partial charge is 0.462 e. The fourth-order valence-electron chi connectivity index (χ4n) is 1.91. The van der Waals surface area contributed by atoms with Crippen LogP contribution in [-0.4, -0.2) is 23.6 Å². The topological polar surface area (TPSA) is 60.3 Å². The number of nitrogens with zero attached hydrogens (tertiary/aromatic N) is 1. The van der Waals surface area contributed by atoms with Gasteiger partial charge < -0.3 is 14.6 Å². The highest BCUT2D eigenvalue weighted by Gasteiger charge is 2.14. The van der Waals surface area contributed by atoms with Crippen LogP contribution in [0.5, 0.6) is 0 Å². The quantitative estimate of drug-likeness (QED) is 0.634. The van der Waals surface area contributed by atoms with Crippen LogP contribution in [0.25, 0.3) is 10.9 Å². The fraction of sp³-hybridized carbons (Fsp3) is 0.231. The van der Waals surface area contributed by atoms with Crippen LogP contribution < -0.4 is 5.32 Å². The molecule has 5 nitrogen and oxygen atoms in total. The molecule has 0 saturated carbocycles. The lowest BCUT2D eigenvalue weighted by molar-refractivity contribution is -0.152. The summed E-state index contributed by atoms with van der Waals surface area (Å²) >= 11 is 0. The highest BCUT2D eigenvalue weighted by atomic mass is 16.5. The first kappa shape index (κ1) is 12.2. The summed E-state index contributed by atoms with van der Waals surface area (Å²) in [6, 6.07) is 7.88. The molecule has 0 aliphatic rings. The molecule has 2 rings (SSSR count). The van der Waals surface area contributed by atoms with Gasteiger partial charge in [0.25, 0.3) is 0 Å². The van der Waals surface area contributed by atoms with Crippen molar-refractivity contribution in [2.45, 2.75) is 6.54 Å². The van der Waals surface area contributed by atoms with Crippen molar-refractivity contribution in [3.8, 4) is 0 Å². The first-order valence-electron chi connectivity index (χ1n) is 5.52. The molecular formula is C13H14N2O3. The Morgan fingerprint density at radius 1 is 1.33 bits per heavy atom. The number of methoxy groups -OCH3 is 1. The lowest BCUT2D eigenvalue weighted by Crippen LogP contribution is -2.31. The number of hydrogen-bond donors (Lipinski definition) is 1. The molecule has 1 aromatic carbocycles. The number of esters is 1. The maximum atomic E-state index is 11.3. The van der Waals surface area contributed by atoms with Crippen molar-refractivity contribution in [1.82, 2.24) is 9.88 Å². The van der Waals surface area contributed by atoms with Crippen LogP contribution in [-0.2, 0) is 27.9 Å². The summed E-state index contributed by atoms with van der Waals surface area (Å²) in [4.78, 5) is 22.3. The van der Waals surface area contributed by atoms with Gasteiger partial charge in [-0.25, -0.2) is 4.79 Å². The number of carbonyl (C=O) groups excluding carboxylic acids is 2. The smallest absolute Gasteiger partial charge is 0.396 e. The number of ether oxygens (including phenoxy) is 1. The summed E-state index contributed by atoms with van der Waals surface area (Å²) in [7, 11) is 3.12. The monoisotopic (exact) mass is 246 g/mol. The Labute approximate surface area is 104 Å². The first-order chi connectivity index (χ1) is 8.63. The van der Waals surface area contributed by atoms with Gasteiger partial charge in [0.05, 0.1) is 7.11 Å². The summed E-state index contributed by atoms with van der Waals surface area (Å²) in [6.07, 6.45) is 1.93. The van der Waals surface area contributed by atoms with E-state index in [1.807, 2.05) is 42.1 Å². The highest BCUT2D eigenvalue weighted by Crippen LogP contribution is 2.19. The van der Waals surface area contributed by atoms with Gasteiger partial charge in [0.2, 0.25) is 0 Å². The Kier molecular flexibility index (Phi) is 3.32. The normalized spacial score (nSPS) is 10.3. The predicted octanol–water partition coefficient (Wildman–Crippen LogP) is 0.967. The number of aromatic nitrogens is 1. The van der Waals surface area contributed by atoms with Gasteiger partial charge in [-0.1, -0.05) is 18.2 Å². The molecule has 0 unspecified atom stereocenters. The molecule has 1 N–H and O–H groups in total. The second-order valence-electron chi connectivity index (χ2n) is 3.96. The van der Waals surface area contributed by atoms with Crippen molar-refractivity contribution in [1.29, 1.82) is 0 Å². The van der Waals surface area contributed by atoms with Crippen LogP contribution in [0.2, 0.25) is 0 Å². The predicted molar refractivity (Wildman–Crippen MR) is 66.8 cm³/mol. The summed E-state index contributed by atoms with van der Waals surface area (Å²) < 4.78 is 6.32. The van der Waals surface area contributed by atoms with Crippen molar-refractivity contribution in [2.24, 2.45) is 7.05 Å². The highest BCUT2D eigenvalue weighted by molar-refractivity contribution is 6.32. The zero-order chi connectivity index (χ0) is 13.1. The van der Waals surface area contributed by atoms with Gasteiger partial charge in [-0.15, -0.1) is 0 Å². The van der Waals surface area contributed by atoms with Gasteiger partial charge >= 0.3 is 11.9 Å². The SMILES string of the molecule is COC(=O)C(=O)NCc1cn(C)c2ccccc12. The van der Waals surface area contributed by atoms with Crippen molar-refractivity contribution in [3.63, 3.8) is 0 Å². The van der Waals surface area contributed by atoms with Gasteiger partial charge in [-0.2, -0.15) is 0 Å². The minimum atomic E-state index is -0.879. The standard InChI is InChI=1S/C13H14N2O3/c1-15-8-9(7-14-12(16)13(17)18-2)10-5-3-4-6-11(10)15/h3-6,8H,7H2,1-2H3,(H,14,16). The molecule has 1 aromatic heterocycles. The van der Waals surface area contributed by atoms with Crippen LogP contribution >= 0.6 is 0 Å². The number of nitrogens with one attached hydrogen (secondary N) is 1. The van der Waals surface area contributed by atoms with Crippen LogP contribution in [0.4, 0.5) is 0 Å². The van der Waals surface area contributed by atoms with E-state index in [9.17, 15) is 9.59 Å². The molecule has 0 radical (unpaired) electrons. The zero-order valence-corrected chi connectivity index (χ0v) is 10.3. The van der Waals surface area contributed by atoms with E-state index in [1.54, 1.807) is 0 Å². The summed E-state index contributed by atoms with van der Waals surface area (Å²) in [5.74, 6) is -1.61. The number of aryl methyl sites for hydroxylation is 1. The lowest BCUT2D eigenvalue weighted by atomic mass is 10.2. The van der Waals surface area contributed by atoms with Crippen molar-refractivity contribution >= 4 is 22.8 Å². The van der Waals surface area contributed by atoms with Crippen molar-refractivity contribution in [3.05, 3.63) is 36.0 Å². The Bertz CT molecular complexity index is 601. The van der Waals surface area contributed by atoms with Crippen LogP contribution in [0.1, 0.15) is 5.56 Å². The van der Waals surface area contributed by atoms with Gasteiger partial charge in [0.15, 0.2) is 0 Å². The molecule has 1 amide bonds. The van der Waals surface area contributed by atoms with Gasteiger partial charge in [0, 0.05) is 30.7 Å². The maximum Gasteiger partial charge on any atom is 0.396 e. The van der Waals surface area contributed by atoms with Gasteiger partial charge in [0.1, 0.15) is 0 Å². The van der Waals surface area contributed by atoms with E-state index in [2.05, 4.69) is 10.1 Å². The molecule has 0 atom stereocenters. The average Bonchev–Trinajstić information content (AvgIpc) is 2.72. The van der Waals surface area contributed by atoms with Gasteiger partial charge in [-0.3, -0.25) is 4.79 Å². The Hall–Kier alpha value is -2.30. The number of amides is 1. The first-order valence-corrected chi connectivity index (χ1v) is 5.52. The third kappa shape index (κ3) is 2.20. The van der Waals surface area contributed by atoms with E-state index in [-0.39, 0.29) is 0 Å². The minimum absolute atomic E-state index is 0.301. The number of benzene rings is 1. The minimum Gasteiger partial charge on any atom is -0.462 e. The van der Waals surface area contributed by atoms with E-state index in [1.165, 1.54) is 7.11 Å². The molecular weight excluding hydrogens is 232 g/mol. The fourth-order valence-corrected chi connectivity index (χ4v) is 1.91. The Morgan fingerprint density at radius 2 is 2.06 bits per heavy atom. The number of hydrogen-bond acceptors (Lipinski definition) is 3. The van der Waals surface area contributed by atoms with Crippen LogP contribution in [0.3, 0.4) is 0 Å². The molecule has 18 heavy (non-hydrogen) atoms. The van der Waals surface area contributed by atoms with E-state index in [0.717, 1.165) is 16.5 Å². The number of rotatable bonds is 2.